The molecule has 0 bridgehead atoms. The first kappa shape index (κ1) is 23.0. The van der Waals surface area contributed by atoms with Crippen molar-refractivity contribution in [3.63, 3.8) is 0 Å². The van der Waals surface area contributed by atoms with Gasteiger partial charge in [0.2, 0.25) is 5.78 Å². The van der Waals surface area contributed by atoms with Crippen molar-refractivity contribution in [2.45, 2.75) is 39.4 Å². The van der Waals surface area contributed by atoms with Gasteiger partial charge >= 0.3 is 6.18 Å². The van der Waals surface area contributed by atoms with Gasteiger partial charge in [-0.15, -0.1) is 0 Å². The Morgan fingerprint density at radius 3 is 2.77 bits per heavy atom. The molecule has 0 aromatic carbocycles. The Labute approximate surface area is 179 Å². The molecule has 0 amide bonds. The minimum Gasteiger partial charge on any atom is -0.482 e. The van der Waals surface area contributed by atoms with Gasteiger partial charge in [0.1, 0.15) is 11.6 Å². The molecule has 2 aromatic heterocycles. The summed E-state index contributed by atoms with van der Waals surface area (Å²) in [4.78, 5) is 23.8. The number of pyridine rings is 2. The van der Waals surface area contributed by atoms with Crippen molar-refractivity contribution >= 4 is 11.6 Å². The van der Waals surface area contributed by atoms with Gasteiger partial charge < -0.3 is 15.0 Å². The maximum Gasteiger partial charge on any atom is 0.422 e. The fourth-order valence-electron chi connectivity index (χ4n) is 3.66. The molecule has 2 aromatic rings. The van der Waals surface area contributed by atoms with E-state index in [0.717, 1.165) is 13.0 Å². The van der Waals surface area contributed by atoms with E-state index in [1.807, 2.05) is 4.90 Å². The number of nitrogens with zero attached hydrogens (tertiary/aromatic N) is 3. The lowest BCUT2D eigenvalue weighted by Gasteiger charge is -2.35. The van der Waals surface area contributed by atoms with E-state index in [-0.39, 0.29) is 23.0 Å². The average molecular weight is 436 g/mol. The SMILES string of the molecule is Cc1ncccc1C(=O)c1nc(N2CCN[C@@H](CC(C)C)C2)ccc1OCC(F)(F)F. The first-order chi connectivity index (χ1) is 14.6. The lowest BCUT2D eigenvalue weighted by Crippen LogP contribution is -2.51. The molecule has 0 radical (unpaired) electrons. The van der Waals surface area contributed by atoms with Crippen molar-refractivity contribution in [3.05, 3.63) is 47.4 Å². The second kappa shape index (κ2) is 9.64. The van der Waals surface area contributed by atoms with E-state index in [0.29, 0.717) is 30.5 Å². The predicted molar refractivity (Wildman–Crippen MR) is 112 cm³/mol. The number of hydrogen-bond acceptors (Lipinski definition) is 6. The number of carbonyl (C=O) groups excluding carboxylic acids is 1. The maximum atomic E-state index is 13.2. The van der Waals surface area contributed by atoms with Crippen LogP contribution in [0.5, 0.6) is 5.75 Å². The van der Waals surface area contributed by atoms with E-state index in [9.17, 15) is 18.0 Å². The summed E-state index contributed by atoms with van der Waals surface area (Å²) in [6.07, 6.45) is -1.98. The van der Waals surface area contributed by atoms with Crippen molar-refractivity contribution < 1.29 is 22.7 Å². The summed E-state index contributed by atoms with van der Waals surface area (Å²) >= 11 is 0. The lowest BCUT2D eigenvalue weighted by molar-refractivity contribution is -0.153. The Morgan fingerprint density at radius 1 is 1.32 bits per heavy atom. The number of piperazine rings is 1. The van der Waals surface area contributed by atoms with Crippen molar-refractivity contribution in [1.82, 2.24) is 15.3 Å². The molecular weight excluding hydrogens is 409 g/mol. The zero-order valence-electron chi connectivity index (χ0n) is 17.9. The lowest BCUT2D eigenvalue weighted by atomic mass is 10.0. The van der Waals surface area contributed by atoms with Crippen LogP contribution in [0.4, 0.5) is 19.0 Å². The first-order valence-corrected chi connectivity index (χ1v) is 10.3. The van der Waals surface area contributed by atoms with E-state index in [4.69, 9.17) is 4.74 Å². The molecule has 1 atom stereocenters. The van der Waals surface area contributed by atoms with Crippen molar-refractivity contribution in [1.29, 1.82) is 0 Å². The number of rotatable bonds is 7. The van der Waals surface area contributed by atoms with Gasteiger partial charge in [0.05, 0.1) is 0 Å². The summed E-state index contributed by atoms with van der Waals surface area (Å²) in [6, 6.07) is 6.46. The predicted octanol–water partition coefficient (Wildman–Crippen LogP) is 3.78. The molecule has 0 aliphatic carbocycles. The Kier molecular flexibility index (Phi) is 7.15. The number of ketones is 1. The molecule has 3 rings (SSSR count). The third-order valence-electron chi connectivity index (χ3n) is 5.04. The molecule has 31 heavy (non-hydrogen) atoms. The molecule has 1 N–H and O–H groups in total. The standard InChI is InChI=1S/C22H27F3N4O2/c1-14(2)11-16-12-29(10-9-27-16)19-7-6-18(31-13-22(23,24)25)20(28-19)21(30)17-5-4-8-26-15(17)3/h4-8,14,16,27H,9-13H2,1-3H3/t16-/m0/s1. The van der Waals surface area contributed by atoms with Crippen molar-refractivity contribution in [2.24, 2.45) is 5.92 Å². The number of anilines is 1. The second-order valence-corrected chi connectivity index (χ2v) is 8.11. The summed E-state index contributed by atoms with van der Waals surface area (Å²) in [5.41, 5.74) is 0.611. The van der Waals surface area contributed by atoms with Crippen LogP contribution < -0.4 is 15.0 Å². The second-order valence-electron chi connectivity index (χ2n) is 8.11. The zero-order valence-corrected chi connectivity index (χ0v) is 17.9. The molecule has 0 saturated carbocycles. The number of nitrogens with one attached hydrogen (secondary N) is 1. The van der Waals surface area contributed by atoms with Crippen LogP contribution in [0.3, 0.4) is 0 Å². The number of alkyl halides is 3. The van der Waals surface area contributed by atoms with E-state index >= 15 is 0 Å². The third kappa shape index (κ3) is 6.16. The van der Waals surface area contributed by atoms with Gasteiger partial charge in [0, 0.05) is 43.1 Å². The maximum absolute atomic E-state index is 13.2. The van der Waals surface area contributed by atoms with Gasteiger partial charge in [-0.3, -0.25) is 9.78 Å². The molecule has 1 saturated heterocycles. The summed E-state index contributed by atoms with van der Waals surface area (Å²) in [5.74, 6) is 0.357. The Hall–Kier alpha value is -2.68. The fourth-order valence-corrected chi connectivity index (χ4v) is 3.66. The Morgan fingerprint density at radius 2 is 2.10 bits per heavy atom. The van der Waals surface area contributed by atoms with Gasteiger partial charge in [-0.05, 0) is 43.5 Å². The minimum atomic E-state index is -4.52. The molecule has 3 heterocycles. The van der Waals surface area contributed by atoms with Crippen LogP contribution in [0, 0.1) is 12.8 Å². The summed E-state index contributed by atoms with van der Waals surface area (Å²) < 4.78 is 43.1. The van der Waals surface area contributed by atoms with Gasteiger partial charge in [-0.1, -0.05) is 13.8 Å². The molecule has 1 aliphatic rings. The zero-order chi connectivity index (χ0) is 22.6. The van der Waals surface area contributed by atoms with Crippen LogP contribution in [0.25, 0.3) is 0 Å². The smallest absolute Gasteiger partial charge is 0.422 e. The highest BCUT2D eigenvalue weighted by atomic mass is 19.4. The van der Waals surface area contributed by atoms with Gasteiger partial charge in [0.25, 0.3) is 0 Å². The van der Waals surface area contributed by atoms with E-state index in [1.165, 1.54) is 6.07 Å². The number of halogens is 3. The fraction of sp³-hybridized carbons (Fsp3) is 0.500. The van der Waals surface area contributed by atoms with Crippen molar-refractivity contribution in [2.75, 3.05) is 31.1 Å². The molecule has 9 heteroatoms. The van der Waals surface area contributed by atoms with Crippen LogP contribution in [0.1, 0.15) is 42.0 Å². The summed E-state index contributed by atoms with van der Waals surface area (Å²) in [6.45, 7) is 6.62. The number of ether oxygens (including phenoxy) is 1. The van der Waals surface area contributed by atoms with Crippen molar-refractivity contribution in [3.8, 4) is 5.75 Å². The van der Waals surface area contributed by atoms with Crippen LogP contribution in [0.2, 0.25) is 0 Å². The molecule has 1 aliphatic heterocycles. The van der Waals surface area contributed by atoms with Gasteiger partial charge in [-0.25, -0.2) is 4.98 Å². The number of hydrogen-bond donors (Lipinski definition) is 1. The van der Waals surface area contributed by atoms with Crippen LogP contribution in [-0.4, -0.2) is 54.2 Å². The highest BCUT2D eigenvalue weighted by molar-refractivity contribution is 6.10. The minimum absolute atomic E-state index is 0.142. The molecule has 168 valence electrons. The van der Waals surface area contributed by atoms with Gasteiger partial charge in [0.15, 0.2) is 12.3 Å². The van der Waals surface area contributed by atoms with E-state index < -0.39 is 18.6 Å². The highest BCUT2D eigenvalue weighted by Gasteiger charge is 2.30. The quantitative estimate of drug-likeness (QED) is 0.667. The Balaban J connectivity index is 1.93. The largest absolute Gasteiger partial charge is 0.482 e. The van der Waals surface area contributed by atoms with Gasteiger partial charge in [-0.2, -0.15) is 13.2 Å². The molecule has 1 fully saturated rings. The van der Waals surface area contributed by atoms with E-state index in [1.54, 1.807) is 31.3 Å². The van der Waals surface area contributed by atoms with E-state index in [2.05, 4.69) is 29.1 Å². The topological polar surface area (TPSA) is 67.4 Å². The highest BCUT2D eigenvalue weighted by Crippen LogP contribution is 2.27. The molecule has 0 spiro atoms. The van der Waals surface area contributed by atoms with Crippen LogP contribution >= 0.6 is 0 Å². The molecule has 0 unspecified atom stereocenters. The van der Waals surface area contributed by atoms with Crippen LogP contribution in [0.15, 0.2) is 30.5 Å². The number of carbonyl (C=O) groups is 1. The summed E-state index contributed by atoms with van der Waals surface area (Å²) in [5, 5.41) is 3.47. The summed E-state index contributed by atoms with van der Waals surface area (Å²) in [7, 11) is 0. The Bertz CT molecular complexity index is 918. The number of aryl methyl sites for hydroxylation is 1. The molecule has 6 nitrogen and oxygen atoms in total. The average Bonchev–Trinajstić information content (AvgIpc) is 2.71. The monoisotopic (exact) mass is 436 g/mol. The first-order valence-electron chi connectivity index (χ1n) is 10.3. The number of aromatic nitrogens is 2. The molecular formula is C22H27F3N4O2. The normalized spacial score (nSPS) is 17.1. The van der Waals surface area contributed by atoms with Crippen LogP contribution in [-0.2, 0) is 0 Å². The third-order valence-corrected chi connectivity index (χ3v) is 5.04.